The topological polar surface area (TPSA) is 71.8 Å². The van der Waals surface area contributed by atoms with Gasteiger partial charge in [-0.15, -0.1) is 0 Å². The van der Waals surface area contributed by atoms with Crippen LogP contribution in [-0.2, 0) is 7.05 Å². The minimum atomic E-state index is -0.262. The SMILES string of the molecule is CCCNc1ncc(C(=O)Nc2cn(C)nc2C)cc1Cl. The first-order valence-electron chi connectivity index (χ1n) is 6.72. The third kappa shape index (κ3) is 3.72. The van der Waals surface area contributed by atoms with Crippen LogP contribution in [0.4, 0.5) is 11.5 Å². The number of halogens is 1. The maximum atomic E-state index is 12.2. The van der Waals surface area contributed by atoms with Crippen molar-refractivity contribution in [2.24, 2.45) is 7.05 Å². The quantitative estimate of drug-likeness (QED) is 0.891. The van der Waals surface area contributed by atoms with Gasteiger partial charge in [-0.1, -0.05) is 18.5 Å². The van der Waals surface area contributed by atoms with Gasteiger partial charge >= 0.3 is 0 Å². The number of hydrogen-bond donors (Lipinski definition) is 2. The van der Waals surface area contributed by atoms with Crippen molar-refractivity contribution in [2.45, 2.75) is 20.3 Å². The number of nitrogens with one attached hydrogen (secondary N) is 2. The Balaban J connectivity index is 2.12. The number of carbonyl (C=O) groups is 1. The Morgan fingerprint density at radius 2 is 2.24 bits per heavy atom. The lowest BCUT2D eigenvalue weighted by molar-refractivity contribution is 0.102. The fraction of sp³-hybridized carbons (Fsp3) is 0.357. The summed E-state index contributed by atoms with van der Waals surface area (Å²) < 4.78 is 1.65. The number of aryl methyl sites for hydroxylation is 2. The van der Waals surface area contributed by atoms with Gasteiger partial charge in [0, 0.05) is 26.0 Å². The zero-order chi connectivity index (χ0) is 15.4. The molecule has 2 N–H and O–H groups in total. The van der Waals surface area contributed by atoms with Crippen LogP contribution in [0.5, 0.6) is 0 Å². The molecule has 2 rings (SSSR count). The van der Waals surface area contributed by atoms with E-state index in [1.54, 1.807) is 24.0 Å². The van der Waals surface area contributed by atoms with E-state index in [1.165, 1.54) is 6.20 Å². The molecule has 0 aliphatic rings. The summed E-state index contributed by atoms with van der Waals surface area (Å²) in [5.74, 6) is 0.329. The molecular weight excluding hydrogens is 290 g/mol. The summed E-state index contributed by atoms with van der Waals surface area (Å²) in [6, 6.07) is 1.60. The monoisotopic (exact) mass is 307 g/mol. The lowest BCUT2D eigenvalue weighted by Crippen LogP contribution is -2.13. The summed E-state index contributed by atoms with van der Waals surface area (Å²) in [7, 11) is 1.80. The summed E-state index contributed by atoms with van der Waals surface area (Å²) >= 11 is 6.13. The molecule has 6 nitrogen and oxygen atoms in total. The molecule has 0 spiro atoms. The maximum Gasteiger partial charge on any atom is 0.257 e. The van der Waals surface area contributed by atoms with Crippen LogP contribution in [0.1, 0.15) is 29.4 Å². The average Bonchev–Trinajstić information content (AvgIpc) is 2.75. The number of hydrogen-bond acceptors (Lipinski definition) is 4. The van der Waals surface area contributed by atoms with Crippen molar-refractivity contribution in [2.75, 3.05) is 17.2 Å². The van der Waals surface area contributed by atoms with Crippen LogP contribution in [0.2, 0.25) is 5.02 Å². The molecular formula is C14H18ClN5O. The Kier molecular flexibility index (Phi) is 4.80. The Morgan fingerprint density at radius 1 is 1.48 bits per heavy atom. The molecule has 0 aliphatic carbocycles. The van der Waals surface area contributed by atoms with Gasteiger partial charge in [0.15, 0.2) is 0 Å². The van der Waals surface area contributed by atoms with Gasteiger partial charge in [0.25, 0.3) is 5.91 Å². The molecule has 0 fully saturated rings. The fourth-order valence-electron chi connectivity index (χ4n) is 1.85. The van der Waals surface area contributed by atoms with Gasteiger partial charge in [0.1, 0.15) is 5.82 Å². The molecule has 21 heavy (non-hydrogen) atoms. The van der Waals surface area contributed by atoms with Crippen molar-refractivity contribution in [3.05, 3.63) is 34.7 Å². The van der Waals surface area contributed by atoms with Gasteiger partial charge in [-0.25, -0.2) is 4.98 Å². The molecule has 0 bridgehead atoms. The summed E-state index contributed by atoms with van der Waals surface area (Å²) in [5.41, 5.74) is 1.84. The van der Waals surface area contributed by atoms with E-state index >= 15 is 0 Å². The molecule has 0 saturated heterocycles. The second kappa shape index (κ2) is 6.58. The number of rotatable bonds is 5. The highest BCUT2D eigenvalue weighted by molar-refractivity contribution is 6.33. The zero-order valence-electron chi connectivity index (χ0n) is 12.3. The Morgan fingerprint density at radius 3 is 2.81 bits per heavy atom. The van der Waals surface area contributed by atoms with Gasteiger partial charge in [-0.3, -0.25) is 9.48 Å². The zero-order valence-corrected chi connectivity index (χ0v) is 13.0. The Hall–Kier alpha value is -2.08. The molecule has 0 saturated carbocycles. The molecule has 112 valence electrons. The number of pyridine rings is 1. The van der Waals surface area contributed by atoms with Crippen LogP contribution in [0, 0.1) is 6.92 Å². The number of amides is 1. The molecule has 0 unspecified atom stereocenters. The van der Waals surface area contributed by atoms with Crippen molar-refractivity contribution >= 4 is 29.0 Å². The van der Waals surface area contributed by atoms with Crippen molar-refractivity contribution < 1.29 is 4.79 Å². The van der Waals surface area contributed by atoms with E-state index in [0.29, 0.717) is 22.1 Å². The lowest BCUT2D eigenvalue weighted by Gasteiger charge is -2.08. The molecule has 0 aliphatic heterocycles. The molecule has 2 heterocycles. The van der Waals surface area contributed by atoms with E-state index in [2.05, 4.69) is 27.6 Å². The van der Waals surface area contributed by atoms with Crippen LogP contribution in [0.25, 0.3) is 0 Å². The standard InChI is InChI=1S/C14H18ClN5O/c1-4-5-16-13-11(15)6-10(7-17-13)14(21)18-12-8-20(3)19-9(12)2/h6-8H,4-5H2,1-3H3,(H,16,17)(H,18,21). The highest BCUT2D eigenvalue weighted by Gasteiger charge is 2.12. The van der Waals surface area contributed by atoms with Gasteiger partial charge in [-0.2, -0.15) is 5.10 Å². The highest BCUT2D eigenvalue weighted by atomic mass is 35.5. The molecule has 1 amide bonds. The first kappa shape index (κ1) is 15.3. The van der Waals surface area contributed by atoms with E-state index in [-0.39, 0.29) is 5.91 Å². The normalized spacial score (nSPS) is 10.5. The van der Waals surface area contributed by atoms with Crippen LogP contribution < -0.4 is 10.6 Å². The smallest absolute Gasteiger partial charge is 0.257 e. The number of aromatic nitrogens is 3. The number of carbonyl (C=O) groups excluding carboxylic acids is 1. The number of nitrogens with zero attached hydrogens (tertiary/aromatic N) is 3. The van der Waals surface area contributed by atoms with E-state index in [4.69, 9.17) is 11.6 Å². The second-order valence-electron chi connectivity index (χ2n) is 4.74. The molecule has 7 heteroatoms. The second-order valence-corrected chi connectivity index (χ2v) is 5.14. The first-order valence-corrected chi connectivity index (χ1v) is 7.10. The molecule has 0 atom stereocenters. The summed E-state index contributed by atoms with van der Waals surface area (Å²) in [6.07, 6.45) is 4.23. The van der Waals surface area contributed by atoms with E-state index in [0.717, 1.165) is 18.7 Å². The summed E-state index contributed by atoms with van der Waals surface area (Å²) in [6.45, 7) is 4.67. The van der Waals surface area contributed by atoms with Crippen molar-refractivity contribution in [1.82, 2.24) is 14.8 Å². The highest BCUT2D eigenvalue weighted by Crippen LogP contribution is 2.21. The fourth-order valence-corrected chi connectivity index (χ4v) is 2.09. The molecule has 2 aromatic heterocycles. The van der Waals surface area contributed by atoms with Gasteiger partial charge in [0.05, 0.1) is 22.0 Å². The third-order valence-corrected chi connectivity index (χ3v) is 3.20. The van der Waals surface area contributed by atoms with Gasteiger partial charge in [-0.05, 0) is 19.4 Å². The summed E-state index contributed by atoms with van der Waals surface area (Å²) in [5, 5.41) is 10.5. The third-order valence-electron chi connectivity index (χ3n) is 2.91. The van der Waals surface area contributed by atoms with Crippen LogP contribution in [-0.4, -0.2) is 27.2 Å². The van der Waals surface area contributed by atoms with Crippen LogP contribution >= 0.6 is 11.6 Å². The summed E-state index contributed by atoms with van der Waals surface area (Å²) in [4.78, 5) is 16.4. The Bertz CT molecular complexity index is 653. The predicted molar refractivity (Wildman–Crippen MR) is 83.9 cm³/mol. The van der Waals surface area contributed by atoms with Crippen LogP contribution in [0.15, 0.2) is 18.5 Å². The van der Waals surface area contributed by atoms with E-state index in [1.807, 2.05) is 6.92 Å². The molecule has 2 aromatic rings. The predicted octanol–water partition coefficient (Wildman–Crippen LogP) is 2.85. The molecule has 0 aromatic carbocycles. The minimum absolute atomic E-state index is 0.262. The maximum absolute atomic E-state index is 12.2. The average molecular weight is 308 g/mol. The molecule has 0 radical (unpaired) electrons. The van der Waals surface area contributed by atoms with E-state index in [9.17, 15) is 4.79 Å². The minimum Gasteiger partial charge on any atom is -0.369 e. The van der Waals surface area contributed by atoms with E-state index < -0.39 is 0 Å². The van der Waals surface area contributed by atoms with Crippen LogP contribution in [0.3, 0.4) is 0 Å². The van der Waals surface area contributed by atoms with Crippen molar-refractivity contribution in [3.8, 4) is 0 Å². The number of anilines is 2. The first-order chi connectivity index (χ1) is 10.0. The van der Waals surface area contributed by atoms with Crippen molar-refractivity contribution in [3.63, 3.8) is 0 Å². The Labute approximate surface area is 128 Å². The van der Waals surface area contributed by atoms with Crippen molar-refractivity contribution in [1.29, 1.82) is 0 Å². The largest absolute Gasteiger partial charge is 0.369 e. The van der Waals surface area contributed by atoms with Gasteiger partial charge in [0.2, 0.25) is 0 Å². The lowest BCUT2D eigenvalue weighted by atomic mass is 10.2. The van der Waals surface area contributed by atoms with Gasteiger partial charge < -0.3 is 10.6 Å².